The average Bonchev–Trinajstić information content (AvgIpc) is 3.20. The van der Waals surface area contributed by atoms with Crippen molar-refractivity contribution in [3.05, 3.63) is 66.7 Å². The number of rotatable bonds is 2. The molecule has 26 heavy (non-hydrogen) atoms. The zero-order chi connectivity index (χ0) is 18.1. The van der Waals surface area contributed by atoms with Gasteiger partial charge in [-0.3, -0.25) is 9.59 Å². The smallest absolute Gasteiger partial charge is 0.241 e. The third-order valence-corrected chi connectivity index (χ3v) is 5.96. The van der Waals surface area contributed by atoms with Crippen LogP contribution < -0.4 is 4.90 Å². The van der Waals surface area contributed by atoms with Gasteiger partial charge >= 0.3 is 0 Å². The molecule has 2 saturated heterocycles. The zero-order valence-electron chi connectivity index (χ0n) is 14.7. The molecule has 5 rings (SSSR count). The van der Waals surface area contributed by atoms with Gasteiger partial charge in [0.1, 0.15) is 0 Å². The molecule has 0 spiro atoms. The number of carbonyl (C=O) groups is 2. The van der Waals surface area contributed by atoms with Crippen molar-refractivity contribution in [3.8, 4) is 11.1 Å². The number of amides is 2. The topological polar surface area (TPSA) is 46.6 Å². The van der Waals surface area contributed by atoms with Crippen LogP contribution in [0.25, 0.3) is 11.1 Å². The highest BCUT2D eigenvalue weighted by Crippen LogP contribution is 2.57. The van der Waals surface area contributed by atoms with Gasteiger partial charge in [0.2, 0.25) is 11.8 Å². The summed E-state index contributed by atoms with van der Waals surface area (Å²) in [5.41, 5.74) is 1.40. The second-order valence-electron chi connectivity index (χ2n) is 7.68. The Bertz CT molecular complexity index is 913. The lowest BCUT2D eigenvalue weighted by atomic mass is 9.73. The number of anilines is 1. The number of imide groups is 1. The summed E-state index contributed by atoms with van der Waals surface area (Å²) in [6.45, 7) is 3.79. The van der Waals surface area contributed by atoms with E-state index < -0.39 is 23.0 Å². The monoisotopic (exact) mass is 345 g/mol. The van der Waals surface area contributed by atoms with Gasteiger partial charge in [-0.1, -0.05) is 54.6 Å². The molecule has 4 heteroatoms. The zero-order valence-corrected chi connectivity index (χ0v) is 14.7. The van der Waals surface area contributed by atoms with Gasteiger partial charge < -0.3 is 4.74 Å². The molecule has 2 amide bonds. The molecule has 0 radical (unpaired) electrons. The predicted molar refractivity (Wildman–Crippen MR) is 98.4 cm³/mol. The minimum atomic E-state index is -0.690. The van der Waals surface area contributed by atoms with Crippen molar-refractivity contribution in [1.29, 1.82) is 0 Å². The van der Waals surface area contributed by atoms with Gasteiger partial charge in [0.15, 0.2) is 0 Å². The summed E-state index contributed by atoms with van der Waals surface area (Å²) < 4.78 is 6.04. The fourth-order valence-corrected chi connectivity index (χ4v) is 4.72. The van der Waals surface area contributed by atoms with E-state index in [2.05, 4.69) is 0 Å². The van der Waals surface area contributed by atoms with E-state index in [1.54, 1.807) is 0 Å². The minimum absolute atomic E-state index is 0.164. The van der Waals surface area contributed by atoms with Gasteiger partial charge in [0.05, 0.1) is 28.7 Å². The molecule has 4 nitrogen and oxygen atoms in total. The third-order valence-electron chi connectivity index (χ3n) is 5.96. The van der Waals surface area contributed by atoms with E-state index in [0.717, 1.165) is 11.1 Å². The van der Waals surface area contributed by atoms with Crippen molar-refractivity contribution in [3.63, 3.8) is 0 Å². The van der Waals surface area contributed by atoms with Crippen molar-refractivity contribution in [2.24, 2.45) is 11.8 Å². The van der Waals surface area contributed by atoms with E-state index >= 15 is 0 Å². The van der Waals surface area contributed by atoms with Crippen molar-refractivity contribution in [1.82, 2.24) is 0 Å². The van der Waals surface area contributed by atoms with Crippen LogP contribution in [-0.4, -0.2) is 23.0 Å². The van der Waals surface area contributed by atoms with Crippen LogP contribution in [0.15, 0.2) is 66.7 Å². The average molecular weight is 345 g/mol. The molecule has 2 aromatic carbocycles. The Balaban J connectivity index is 1.51. The van der Waals surface area contributed by atoms with Gasteiger partial charge in [-0.05, 0) is 37.1 Å². The molecule has 0 aliphatic carbocycles. The predicted octanol–water partition coefficient (Wildman–Crippen LogP) is 3.58. The Morgan fingerprint density at radius 1 is 0.769 bits per heavy atom. The molecular formula is C22H19NO3. The second kappa shape index (κ2) is 4.92. The molecule has 3 heterocycles. The lowest BCUT2D eigenvalue weighted by Crippen LogP contribution is -2.39. The summed E-state index contributed by atoms with van der Waals surface area (Å²) in [4.78, 5) is 27.5. The highest BCUT2D eigenvalue weighted by atomic mass is 16.5. The van der Waals surface area contributed by atoms with Crippen LogP contribution in [0.2, 0.25) is 0 Å². The molecular weight excluding hydrogens is 326 g/mol. The third kappa shape index (κ3) is 1.88. The van der Waals surface area contributed by atoms with E-state index in [9.17, 15) is 9.59 Å². The molecule has 2 aromatic rings. The minimum Gasteiger partial charge on any atom is -0.359 e. The van der Waals surface area contributed by atoms with Crippen LogP contribution in [0.3, 0.4) is 0 Å². The van der Waals surface area contributed by atoms with Crippen molar-refractivity contribution in [2.75, 3.05) is 4.90 Å². The molecule has 4 atom stereocenters. The van der Waals surface area contributed by atoms with Gasteiger partial charge in [0.25, 0.3) is 0 Å². The first-order valence-electron chi connectivity index (χ1n) is 8.87. The van der Waals surface area contributed by atoms with E-state index in [-0.39, 0.29) is 11.8 Å². The molecule has 0 saturated carbocycles. The number of fused-ring (bicyclic) bond motifs is 5. The van der Waals surface area contributed by atoms with Crippen LogP contribution in [0.5, 0.6) is 0 Å². The van der Waals surface area contributed by atoms with Crippen LogP contribution in [0.4, 0.5) is 5.69 Å². The Kier molecular flexibility index (Phi) is 2.94. The number of benzene rings is 2. The van der Waals surface area contributed by atoms with E-state index in [0.29, 0.717) is 5.69 Å². The van der Waals surface area contributed by atoms with Crippen molar-refractivity contribution < 1.29 is 14.3 Å². The van der Waals surface area contributed by atoms with Gasteiger partial charge in [-0.15, -0.1) is 0 Å². The number of nitrogens with zero attached hydrogens (tertiary/aromatic N) is 1. The second-order valence-corrected chi connectivity index (χ2v) is 7.68. The number of carbonyl (C=O) groups excluding carboxylic acids is 2. The molecule has 0 aromatic heterocycles. The lowest BCUT2D eigenvalue weighted by Gasteiger charge is -2.25. The van der Waals surface area contributed by atoms with Gasteiger partial charge in [-0.2, -0.15) is 0 Å². The lowest BCUT2D eigenvalue weighted by molar-refractivity contribution is -0.128. The fraction of sp³-hybridized carbons (Fsp3) is 0.273. The molecule has 2 bridgehead atoms. The highest BCUT2D eigenvalue weighted by molar-refractivity contribution is 6.23. The summed E-state index contributed by atoms with van der Waals surface area (Å²) >= 11 is 0. The number of hydrogen-bond acceptors (Lipinski definition) is 3. The standard InChI is InChI=1S/C22H19NO3/c1-21-12-13-22(2,26-21)18-17(21)19(24)23(20(18)25)16-10-8-15(9-11-16)14-6-4-3-5-7-14/h3-13,17-18H,1-2H3/t17-,18-,21-,22+/m1/s1. The quantitative estimate of drug-likeness (QED) is 0.617. The van der Waals surface area contributed by atoms with Crippen LogP contribution in [0, 0.1) is 11.8 Å². The van der Waals surface area contributed by atoms with Crippen LogP contribution in [-0.2, 0) is 14.3 Å². The van der Waals surface area contributed by atoms with Crippen LogP contribution in [0.1, 0.15) is 13.8 Å². The van der Waals surface area contributed by atoms with E-state index in [1.165, 1.54) is 4.90 Å². The summed E-state index contributed by atoms with van der Waals surface area (Å²) in [6, 6.07) is 17.6. The maximum atomic E-state index is 13.1. The van der Waals surface area contributed by atoms with Gasteiger partial charge in [-0.25, -0.2) is 4.90 Å². The molecule has 130 valence electrons. The Morgan fingerprint density at radius 3 is 1.81 bits per heavy atom. The first-order valence-corrected chi connectivity index (χ1v) is 8.87. The van der Waals surface area contributed by atoms with Gasteiger partial charge in [0, 0.05) is 0 Å². The molecule has 0 N–H and O–H groups in total. The molecule has 3 aliphatic rings. The Hall–Kier alpha value is -2.72. The first kappa shape index (κ1) is 15.5. The molecule has 3 aliphatic heterocycles. The van der Waals surface area contributed by atoms with Crippen molar-refractivity contribution in [2.45, 2.75) is 25.0 Å². The summed E-state index contributed by atoms with van der Waals surface area (Å²) in [6.07, 6.45) is 3.86. The molecule has 2 fully saturated rings. The highest BCUT2D eigenvalue weighted by Gasteiger charge is 2.70. The van der Waals surface area contributed by atoms with Crippen LogP contribution >= 0.6 is 0 Å². The first-order chi connectivity index (χ1) is 12.4. The Morgan fingerprint density at radius 2 is 1.27 bits per heavy atom. The summed E-state index contributed by atoms with van der Waals surface area (Å²) in [5, 5.41) is 0. The maximum absolute atomic E-state index is 13.1. The molecule has 0 unspecified atom stereocenters. The maximum Gasteiger partial charge on any atom is 0.241 e. The SMILES string of the molecule is C[C@]12C=C[C@](C)(O1)[C@H]1C(=O)N(c3ccc(-c4ccccc4)cc3)C(=O)[C@@H]12. The number of hydrogen-bond donors (Lipinski definition) is 0. The summed E-state index contributed by atoms with van der Waals surface area (Å²) in [5.74, 6) is -1.22. The number of ether oxygens (including phenoxy) is 1. The fourth-order valence-electron chi connectivity index (χ4n) is 4.72. The summed E-state index contributed by atoms with van der Waals surface area (Å²) in [7, 11) is 0. The largest absolute Gasteiger partial charge is 0.359 e. The normalized spacial score (nSPS) is 34.6. The van der Waals surface area contributed by atoms with E-state index in [1.807, 2.05) is 80.6 Å². The van der Waals surface area contributed by atoms with Crippen molar-refractivity contribution >= 4 is 17.5 Å². The Labute approximate surface area is 152 Å². The van der Waals surface area contributed by atoms with E-state index in [4.69, 9.17) is 4.74 Å².